The van der Waals surface area contributed by atoms with Crippen LogP contribution in [0.2, 0.25) is 0 Å². The van der Waals surface area contributed by atoms with Gasteiger partial charge in [0.1, 0.15) is 35.2 Å². The zero-order chi connectivity index (χ0) is 19.4. The minimum absolute atomic E-state index is 0.00932. The molecule has 138 valence electrons. The monoisotopic (exact) mass is 384 g/mol. The Morgan fingerprint density at radius 2 is 2.00 bits per heavy atom. The lowest BCUT2D eigenvalue weighted by atomic mass is 9.96. The number of nitrogens with two attached hydrogens (primary N) is 1. The molecule has 1 aliphatic rings. The van der Waals surface area contributed by atoms with E-state index in [2.05, 4.69) is 11.1 Å². The smallest absolute Gasteiger partial charge is 0.162 e. The molecule has 1 atom stereocenters. The van der Waals surface area contributed by atoms with Crippen LogP contribution in [0.3, 0.4) is 0 Å². The Morgan fingerprint density at radius 1 is 1.22 bits per heavy atom. The van der Waals surface area contributed by atoms with E-state index in [1.807, 2.05) is 6.07 Å². The van der Waals surface area contributed by atoms with Gasteiger partial charge >= 0.3 is 0 Å². The second-order valence-corrected chi connectivity index (χ2v) is 6.70. The largest absolute Gasteiger partial charge is 0.486 e. The van der Waals surface area contributed by atoms with Gasteiger partial charge < -0.3 is 25.4 Å². The zero-order valence-electron chi connectivity index (χ0n) is 14.2. The first kappa shape index (κ1) is 18.8. The lowest BCUT2D eigenvalue weighted by molar-refractivity contribution is 0.0457. The molecule has 0 spiro atoms. The van der Waals surface area contributed by atoms with Crippen LogP contribution < -0.4 is 15.2 Å². The van der Waals surface area contributed by atoms with Gasteiger partial charge in [0, 0.05) is 11.3 Å². The van der Waals surface area contributed by atoms with Crippen molar-refractivity contribution in [2.45, 2.75) is 11.1 Å². The Bertz CT molecular complexity index is 952. The molecule has 0 fully saturated rings. The van der Waals surface area contributed by atoms with Gasteiger partial charge in [0.25, 0.3) is 0 Å². The molecule has 27 heavy (non-hydrogen) atoms. The van der Waals surface area contributed by atoms with Crippen LogP contribution in [0.5, 0.6) is 11.5 Å². The molecule has 0 saturated carbocycles. The van der Waals surface area contributed by atoms with E-state index in [0.717, 1.165) is 0 Å². The SMILES string of the molecule is N#Cc1c(N)nc(SCCO)c(C#N)c1-c1ccc2c(c1)OC(CO)CO2. The van der Waals surface area contributed by atoms with Crippen LogP contribution in [-0.4, -0.2) is 46.9 Å². The van der Waals surface area contributed by atoms with Crippen molar-refractivity contribution in [3.05, 3.63) is 29.3 Å². The van der Waals surface area contributed by atoms with Crippen molar-refractivity contribution in [1.82, 2.24) is 4.98 Å². The van der Waals surface area contributed by atoms with Crippen LogP contribution in [0.25, 0.3) is 11.1 Å². The number of hydrogen-bond donors (Lipinski definition) is 3. The molecule has 2 heterocycles. The Kier molecular flexibility index (Phi) is 5.67. The van der Waals surface area contributed by atoms with Crippen LogP contribution in [-0.2, 0) is 0 Å². The molecule has 0 saturated heterocycles. The normalized spacial score (nSPS) is 15.0. The van der Waals surface area contributed by atoms with E-state index >= 15 is 0 Å². The number of anilines is 1. The number of nitrogens with zero attached hydrogens (tertiary/aromatic N) is 3. The third-order valence-electron chi connectivity index (χ3n) is 3.90. The van der Waals surface area contributed by atoms with Crippen LogP contribution in [0.15, 0.2) is 23.2 Å². The first-order valence-corrected chi connectivity index (χ1v) is 9.03. The maximum atomic E-state index is 9.68. The fraction of sp³-hybridized carbons (Fsp3) is 0.278. The summed E-state index contributed by atoms with van der Waals surface area (Å²) in [5.74, 6) is 1.27. The minimum atomic E-state index is -0.489. The number of nitriles is 2. The average molecular weight is 384 g/mol. The summed E-state index contributed by atoms with van der Waals surface area (Å²) < 4.78 is 11.2. The third-order valence-corrected chi connectivity index (χ3v) is 4.86. The summed E-state index contributed by atoms with van der Waals surface area (Å²) in [5.41, 5.74) is 7.13. The highest BCUT2D eigenvalue weighted by molar-refractivity contribution is 7.99. The molecule has 1 unspecified atom stereocenters. The molecular formula is C18H16N4O4S. The molecule has 3 rings (SSSR count). The van der Waals surface area contributed by atoms with Crippen molar-refractivity contribution in [1.29, 1.82) is 10.5 Å². The summed E-state index contributed by atoms with van der Waals surface area (Å²) in [6.45, 7) is -0.0420. The van der Waals surface area contributed by atoms with Gasteiger partial charge in [0.05, 0.1) is 18.8 Å². The summed E-state index contributed by atoms with van der Waals surface area (Å²) in [4.78, 5) is 4.15. The van der Waals surface area contributed by atoms with Gasteiger partial charge in [-0.05, 0) is 17.7 Å². The van der Waals surface area contributed by atoms with Crippen molar-refractivity contribution in [3.63, 3.8) is 0 Å². The van der Waals surface area contributed by atoms with Crippen LogP contribution in [0.1, 0.15) is 11.1 Å². The van der Waals surface area contributed by atoms with Crippen LogP contribution in [0.4, 0.5) is 5.82 Å². The van der Waals surface area contributed by atoms with Gasteiger partial charge in [-0.2, -0.15) is 10.5 Å². The molecule has 0 bridgehead atoms. The highest BCUT2D eigenvalue weighted by atomic mass is 32.2. The van der Waals surface area contributed by atoms with E-state index in [-0.39, 0.29) is 36.8 Å². The number of aliphatic hydroxyl groups is 2. The molecule has 8 nitrogen and oxygen atoms in total. The van der Waals surface area contributed by atoms with Gasteiger partial charge in [-0.1, -0.05) is 6.07 Å². The fourth-order valence-corrected chi connectivity index (χ4v) is 3.43. The first-order chi connectivity index (χ1) is 13.1. The van der Waals surface area contributed by atoms with Crippen molar-refractivity contribution in [3.8, 4) is 34.8 Å². The van der Waals surface area contributed by atoms with Gasteiger partial charge in [-0.15, -0.1) is 11.8 Å². The molecular weight excluding hydrogens is 368 g/mol. The lowest BCUT2D eigenvalue weighted by Crippen LogP contribution is -2.32. The Labute approximate surface area is 159 Å². The number of aliphatic hydroxyl groups excluding tert-OH is 2. The number of fused-ring (bicyclic) bond motifs is 1. The minimum Gasteiger partial charge on any atom is -0.486 e. The number of aromatic nitrogens is 1. The van der Waals surface area contributed by atoms with Gasteiger partial charge in [0.2, 0.25) is 0 Å². The average Bonchev–Trinajstić information content (AvgIpc) is 2.70. The van der Waals surface area contributed by atoms with Gasteiger partial charge in [-0.25, -0.2) is 4.98 Å². The number of thioether (sulfide) groups is 1. The van der Waals surface area contributed by atoms with Crippen molar-refractivity contribution in [2.24, 2.45) is 0 Å². The van der Waals surface area contributed by atoms with E-state index in [4.69, 9.17) is 20.3 Å². The molecule has 4 N–H and O–H groups in total. The van der Waals surface area contributed by atoms with E-state index in [0.29, 0.717) is 33.4 Å². The predicted molar refractivity (Wildman–Crippen MR) is 98.3 cm³/mol. The molecule has 0 aliphatic carbocycles. The number of nitrogen functional groups attached to an aromatic ring is 1. The van der Waals surface area contributed by atoms with Crippen molar-refractivity contribution >= 4 is 17.6 Å². The Hall–Kier alpha value is -2.98. The summed E-state index contributed by atoms with van der Waals surface area (Å²) >= 11 is 1.18. The number of benzene rings is 1. The van der Waals surface area contributed by atoms with Crippen molar-refractivity contribution < 1.29 is 19.7 Å². The standard InChI is InChI=1S/C18H16N4O4S/c19-6-12-16(13(7-20)18(22-17(12)21)27-4-3-23)10-1-2-14-15(5-10)26-11(8-24)9-25-14/h1-2,5,11,23-24H,3-4,8-9H2,(H2,21,22). The van der Waals surface area contributed by atoms with E-state index < -0.39 is 6.10 Å². The summed E-state index contributed by atoms with van der Waals surface area (Å²) in [6.07, 6.45) is -0.489. The number of ether oxygens (including phenoxy) is 2. The fourth-order valence-electron chi connectivity index (χ4n) is 2.69. The van der Waals surface area contributed by atoms with Crippen molar-refractivity contribution in [2.75, 3.05) is 31.3 Å². The van der Waals surface area contributed by atoms with E-state index in [9.17, 15) is 15.6 Å². The molecule has 0 amide bonds. The molecule has 1 aromatic heterocycles. The maximum absolute atomic E-state index is 9.68. The molecule has 0 radical (unpaired) electrons. The van der Waals surface area contributed by atoms with E-state index in [1.54, 1.807) is 18.2 Å². The lowest BCUT2D eigenvalue weighted by Gasteiger charge is -2.25. The summed E-state index contributed by atoms with van der Waals surface area (Å²) in [6, 6.07) is 9.13. The second-order valence-electron chi connectivity index (χ2n) is 5.62. The first-order valence-electron chi connectivity index (χ1n) is 8.05. The second kappa shape index (κ2) is 8.14. The van der Waals surface area contributed by atoms with Crippen LogP contribution >= 0.6 is 11.8 Å². The maximum Gasteiger partial charge on any atom is 0.162 e. The predicted octanol–water partition coefficient (Wildman–Crippen LogP) is 1.29. The topological polar surface area (TPSA) is 145 Å². The molecule has 1 aliphatic heterocycles. The highest BCUT2D eigenvalue weighted by Crippen LogP contribution is 2.40. The third kappa shape index (κ3) is 3.62. The highest BCUT2D eigenvalue weighted by Gasteiger charge is 2.24. The zero-order valence-corrected chi connectivity index (χ0v) is 15.0. The van der Waals surface area contributed by atoms with Gasteiger partial charge in [-0.3, -0.25) is 0 Å². The Balaban J connectivity index is 2.17. The van der Waals surface area contributed by atoms with Crippen LogP contribution in [0, 0.1) is 22.7 Å². The molecule has 1 aromatic carbocycles. The van der Waals surface area contributed by atoms with E-state index in [1.165, 1.54) is 11.8 Å². The van der Waals surface area contributed by atoms with Gasteiger partial charge in [0.15, 0.2) is 17.6 Å². The quantitative estimate of drug-likeness (QED) is 0.649. The summed E-state index contributed by atoms with van der Waals surface area (Å²) in [5, 5.41) is 37.9. The number of hydrogen-bond acceptors (Lipinski definition) is 9. The number of rotatable bonds is 5. The Morgan fingerprint density at radius 3 is 2.67 bits per heavy atom. The number of pyridine rings is 1. The molecule has 2 aromatic rings. The summed E-state index contributed by atoms with van der Waals surface area (Å²) in [7, 11) is 0. The molecule has 9 heteroatoms.